The van der Waals surface area contributed by atoms with Gasteiger partial charge in [-0.15, -0.1) is 11.3 Å². The van der Waals surface area contributed by atoms with Crippen molar-refractivity contribution in [1.29, 1.82) is 0 Å². The largest absolute Gasteiger partial charge is 0.347 e. The Morgan fingerprint density at radius 3 is 2.47 bits per heavy atom. The molecule has 1 aromatic heterocycles. The molecule has 2 saturated heterocycles. The van der Waals surface area contributed by atoms with E-state index in [4.69, 9.17) is 9.47 Å². The van der Waals surface area contributed by atoms with Crippen molar-refractivity contribution in [2.24, 2.45) is 0 Å². The molecule has 2 aliphatic heterocycles. The minimum Gasteiger partial charge on any atom is -0.347 e. The fourth-order valence-corrected chi connectivity index (χ4v) is 5.15. The van der Waals surface area contributed by atoms with E-state index < -0.39 is 15.8 Å². The van der Waals surface area contributed by atoms with Gasteiger partial charge in [-0.25, -0.2) is 13.4 Å². The fraction of sp³-hybridized carbons (Fsp3) is 0.727. The van der Waals surface area contributed by atoms with Gasteiger partial charge in [-0.3, -0.25) is 0 Å². The maximum absolute atomic E-state index is 12.4. The number of piperidine rings is 1. The van der Waals surface area contributed by atoms with Crippen LogP contribution in [0.25, 0.3) is 0 Å². The zero-order valence-electron chi connectivity index (χ0n) is 10.7. The summed E-state index contributed by atoms with van der Waals surface area (Å²) < 4.78 is 37.8. The topological polar surface area (TPSA) is 68.7 Å². The van der Waals surface area contributed by atoms with Gasteiger partial charge in [0, 0.05) is 25.9 Å². The van der Waals surface area contributed by atoms with Gasteiger partial charge in [0.25, 0.3) is 10.0 Å². The van der Waals surface area contributed by atoms with Gasteiger partial charge >= 0.3 is 0 Å². The third-order valence-corrected chi connectivity index (χ3v) is 6.74. The van der Waals surface area contributed by atoms with E-state index in [1.54, 1.807) is 6.92 Å². The van der Waals surface area contributed by atoms with Crippen molar-refractivity contribution in [2.75, 3.05) is 26.3 Å². The number of nitrogens with zero attached hydrogens (tertiary/aromatic N) is 2. The number of hydrogen-bond acceptors (Lipinski definition) is 6. The summed E-state index contributed by atoms with van der Waals surface area (Å²) in [5.41, 5.74) is 0. The second kappa shape index (κ2) is 4.78. The van der Waals surface area contributed by atoms with Crippen LogP contribution < -0.4 is 0 Å². The standard InChI is InChI=1S/C11H16N2O4S2/c1-9-12-8-10(18-9)19(14,15)13-4-2-11(3-5-13)16-6-7-17-11/h8H,2-7H2,1H3. The maximum atomic E-state index is 12.4. The summed E-state index contributed by atoms with van der Waals surface area (Å²) in [6.45, 7) is 3.86. The van der Waals surface area contributed by atoms with E-state index in [1.165, 1.54) is 21.8 Å². The van der Waals surface area contributed by atoms with Crippen LogP contribution in [-0.4, -0.2) is 49.8 Å². The van der Waals surface area contributed by atoms with Gasteiger partial charge < -0.3 is 9.47 Å². The molecule has 2 fully saturated rings. The number of aromatic nitrogens is 1. The van der Waals surface area contributed by atoms with E-state index in [2.05, 4.69) is 4.98 Å². The molecule has 0 unspecified atom stereocenters. The molecule has 3 heterocycles. The number of hydrogen-bond donors (Lipinski definition) is 0. The molecule has 0 atom stereocenters. The molecule has 0 aromatic carbocycles. The van der Waals surface area contributed by atoms with Gasteiger partial charge in [-0.2, -0.15) is 4.31 Å². The van der Waals surface area contributed by atoms with Crippen LogP contribution in [0.3, 0.4) is 0 Å². The Morgan fingerprint density at radius 2 is 1.95 bits per heavy atom. The van der Waals surface area contributed by atoms with Crippen molar-refractivity contribution in [3.05, 3.63) is 11.2 Å². The molecule has 0 amide bonds. The second-order valence-corrected chi connectivity index (χ2v) is 8.11. The van der Waals surface area contributed by atoms with Crippen LogP contribution >= 0.6 is 11.3 Å². The second-order valence-electron chi connectivity index (χ2n) is 4.71. The third-order valence-electron chi connectivity index (χ3n) is 3.49. The molecular formula is C11H16N2O4S2. The molecule has 0 saturated carbocycles. The number of sulfonamides is 1. The third kappa shape index (κ3) is 2.43. The van der Waals surface area contributed by atoms with Gasteiger partial charge in [-0.05, 0) is 6.92 Å². The van der Waals surface area contributed by atoms with E-state index >= 15 is 0 Å². The van der Waals surface area contributed by atoms with Crippen LogP contribution in [0.1, 0.15) is 17.8 Å². The first kappa shape index (κ1) is 13.4. The van der Waals surface area contributed by atoms with E-state index in [9.17, 15) is 8.42 Å². The summed E-state index contributed by atoms with van der Waals surface area (Å²) in [6, 6.07) is 0. The Bertz CT molecular complexity index is 553. The van der Waals surface area contributed by atoms with Crippen molar-refractivity contribution in [3.8, 4) is 0 Å². The highest BCUT2D eigenvalue weighted by atomic mass is 32.2. The Hall–Kier alpha value is -0.540. The van der Waals surface area contributed by atoms with E-state index in [1.807, 2.05) is 0 Å². The van der Waals surface area contributed by atoms with Crippen molar-refractivity contribution in [1.82, 2.24) is 9.29 Å². The minimum absolute atomic E-state index is 0.314. The smallest absolute Gasteiger partial charge is 0.254 e. The molecule has 8 heteroatoms. The SMILES string of the molecule is Cc1ncc(S(=O)(=O)N2CCC3(CC2)OCCO3)s1. The summed E-state index contributed by atoms with van der Waals surface area (Å²) in [4.78, 5) is 4.01. The molecule has 0 N–H and O–H groups in total. The van der Waals surface area contributed by atoms with Crippen LogP contribution in [0, 0.1) is 6.92 Å². The number of ether oxygens (including phenoxy) is 2. The Morgan fingerprint density at radius 1 is 1.32 bits per heavy atom. The summed E-state index contributed by atoms with van der Waals surface area (Å²) in [6.07, 6.45) is 2.61. The van der Waals surface area contributed by atoms with Crippen molar-refractivity contribution >= 4 is 21.4 Å². The summed E-state index contributed by atoms with van der Waals surface area (Å²) >= 11 is 1.21. The molecule has 19 heavy (non-hydrogen) atoms. The maximum Gasteiger partial charge on any atom is 0.254 e. The Balaban J connectivity index is 1.74. The first-order valence-electron chi connectivity index (χ1n) is 6.22. The highest BCUT2D eigenvalue weighted by Crippen LogP contribution is 2.34. The predicted molar refractivity (Wildman–Crippen MR) is 69.5 cm³/mol. The van der Waals surface area contributed by atoms with E-state index in [0.717, 1.165) is 5.01 Å². The fourth-order valence-electron chi connectivity index (χ4n) is 2.44. The van der Waals surface area contributed by atoms with Gasteiger partial charge in [0.05, 0.1) is 24.4 Å². The molecule has 3 rings (SSSR count). The molecule has 0 bridgehead atoms. The lowest BCUT2D eigenvalue weighted by Crippen LogP contribution is -2.47. The summed E-state index contributed by atoms with van der Waals surface area (Å²) in [5.74, 6) is -0.546. The molecular weight excluding hydrogens is 288 g/mol. The van der Waals surface area contributed by atoms with Crippen molar-refractivity contribution in [2.45, 2.75) is 29.8 Å². The van der Waals surface area contributed by atoms with E-state index in [0.29, 0.717) is 43.4 Å². The normalized spacial score (nSPS) is 24.1. The molecule has 0 radical (unpaired) electrons. The molecule has 2 aliphatic rings. The van der Waals surface area contributed by atoms with Crippen LogP contribution in [-0.2, 0) is 19.5 Å². The first-order valence-corrected chi connectivity index (χ1v) is 8.48. The summed E-state index contributed by atoms with van der Waals surface area (Å²) in [7, 11) is -3.41. The average molecular weight is 304 g/mol. The van der Waals surface area contributed by atoms with Crippen LogP contribution in [0.15, 0.2) is 10.4 Å². The first-order chi connectivity index (χ1) is 9.02. The molecule has 6 nitrogen and oxygen atoms in total. The molecule has 1 aromatic rings. The van der Waals surface area contributed by atoms with E-state index in [-0.39, 0.29) is 0 Å². The van der Waals surface area contributed by atoms with Gasteiger partial charge in [0.2, 0.25) is 0 Å². The molecule has 1 spiro atoms. The highest BCUT2D eigenvalue weighted by Gasteiger charge is 2.42. The lowest BCUT2D eigenvalue weighted by molar-refractivity contribution is -0.179. The minimum atomic E-state index is -3.41. The average Bonchev–Trinajstić information content (AvgIpc) is 3.00. The number of rotatable bonds is 2. The van der Waals surface area contributed by atoms with Crippen LogP contribution in [0.4, 0.5) is 0 Å². The number of aryl methyl sites for hydroxylation is 1. The monoisotopic (exact) mass is 304 g/mol. The molecule has 106 valence electrons. The van der Waals surface area contributed by atoms with Gasteiger partial charge in [0.15, 0.2) is 10.00 Å². The van der Waals surface area contributed by atoms with Crippen LogP contribution in [0.5, 0.6) is 0 Å². The van der Waals surface area contributed by atoms with Crippen molar-refractivity contribution < 1.29 is 17.9 Å². The van der Waals surface area contributed by atoms with Gasteiger partial charge in [0.1, 0.15) is 0 Å². The number of thiazole rings is 1. The van der Waals surface area contributed by atoms with Gasteiger partial charge in [-0.1, -0.05) is 0 Å². The quantitative estimate of drug-likeness (QED) is 0.814. The molecule has 0 aliphatic carbocycles. The zero-order valence-corrected chi connectivity index (χ0v) is 12.3. The Labute approximate surface area is 116 Å². The Kier molecular flexibility index (Phi) is 3.38. The summed E-state index contributed by atoms with van der Waals surface area (Å²) in [5, 5.41) is 0.759. The zero-order chi connectivity index (χ0) is 13.5. The lowest BCUT2D eigenvalue weighted by Gasteiger charge is -2.36. The predicted octanol–water partition coefficient (Wildman–Crippen LogP) is 0.979. The van der Waals surface area contributed by atoms with Crippen molar-refractivity contribution in [3.63, 3.8) is 0 Å². The highest BCUT2D eigenvalue weighted by molar-refractivity contribution is 7.91. The van der Waals surface area contributed by atoms with Crippen LogP contribution in [0.2, 0.25) is 0 Å². The lowest BCUT2D eigenvalue weighted by atomic mass is 10.1.